The van der Waals surface area contributed by atoms with E-state index in [2.05, 4.69) is 67.3 Å². The van der Waals surface area contributed by atoms with Gasteiger partial charge in [-0.1, -0.05) is 49.4 Å². The molecule has 21 heavy (non-hydrogen) atoms. The van der Waals surface area contributed by atoms with Crippen LogP contribution in [0.1, 0.15) is 36.5 Å². The lowest BCUT2D eigenvalue weighted by atomic mass is 10.00. The summed E-state index contributed by atoms with van der Waals surface area (Å²) < 4.78 is 0. The van der Waals surface area contributed by atoms with Gasteiger partial charge in [-0.05, 0) is 48.6 Å². The van der Waals surface area contributed by atoms with Crippen LogP contribution >= 0.6 is 0 Å². The van der Waals surface area contributed by atoms with Crippen LogP contribution in [0.3, 0.4) is 0 Å². The predicted molar refractivity (Wildman–Crippen MR) is 89.7 cm³/mol. The zero-order valence-electron chi connectivity index (χ0n) is 12.9. The Morgan fingerprint density at radius 1 is 1.14 bits per heavy atom. The summed E-state index contributed by atoms with van der Waals surface area (Å²) in [6, 6.07) is 18.3. The maximum atomic E-state index is 5.74. The quantitative estimate of drug-likeness (QED) is 0.925. The molecule has 2 aromatic carbocycles. The smallest absolute Gasteiger partial charge is 0.0432 e. The number of nitrogens with two attached hydrogens (primary N) is 1. The number of hydrogen-bond acceptors (Lipinski definition) is 2. The Morgan fingerprint density at radius 2 is 1.86 bits per heavy atom. The van der Waals surface area contributed by atoms with Gasteiger partial charge in [0.2, 0.25) is 0 Å². The standard InChI is InChI=1S/C19H24N2/c1-14(12-20)17-9-7-16(8-10-17)13-21-15(2)11-18-5-3-4-6-19(18)21/h3-10,14-15H,11-13,20H2,1-2H3. The normalized spacial score (nSPS) is 18.6. The second-order valence-electron chi connectivity index (χ2n) is 6.19. The molecule has 2 unspecified atom stereocenters. The summed E-state index contributed by atoms with van der Waals surface area (Å²) in [5, 5.41) is 0. The fraction of sp³-hybridized carbons (Fsp3) is 0.368. The third-order valence-electron chi connectivity index (χ3n) is 4.60. The van der Waals surface area contributed by atoms with E-state index in [4.69, 9.17) is 5.73 Å². The molecular formula is C19H24N2. The molecule has 0 saturated carbocycles. The van der Waals surface area contributed by atoms with E-state index in [1.54, 1.807) is 0 Å². The fourth-order valence-corrected chi connectivity index (χ4v) is 3.15. The summed E-state index contributed by atoms with van der Waals surface area (Å²) in [6.07, 6.45) is 1.15. The fourth-order valence-electron chi connectivity index (χ4n) is 3.15. The van der Waals surface area contributed by atoms with Gasteiger partial charge in [-0.15, -0.1) is 0 Å². The number of fused-ring (bicyclic) bond motifs is 1. The van der Waals surface area contributed by atoms with Gasteiger partial charge in [0, 0.05) is 18.3 Å². The molecule has 2 nitrogen and oxygen atoms in total. The van der Waals surface area contributed by atoms with E-state index in [-0.39, 0.29) is 0 Å². The lowest BCUT2D eigenvalue weighted by molar-refractivity contribution is 0.672. The highest BCUT2D eigenvalue weighted by Gasteiger charge is 2.25. The average Bonchev–Trinajstić information content (AvgIpc) is 2.83. The first-order chi connectivity index (χ1) is 10.2. The van der Waals surface area contributed by atoms with Gasteiger partial charge in [0.15, 0.2) is 0 Å². The van der Waals surface area contributed by atoms with Crippen LogP contribution < -0.4 is 10.6 Å². The van der Waals surface area contributed by atoms with Crippen molar-refractivity contribution in [2.45, 2.75) is 38.8 Å². The monoisotopic (exact) mass is 280 g/mol. The van der Waals surface area contributed by atoms with Crippen LogP contribution in [0.15, 0.2) is 48.5 Å². The van der Waals surface area contributed by atoms with Gasteiger partial charge in [-0.2, -0.15) is 0 Å². The first-order valence-electron chi connectivity index (χ1n) is 7.82. The van der Waals surface area contributed by atoms with Crippen LogP contribution in [0.4, 0.5) is 5.69 Å². The Hall–Kier alpha value is -1.80. The minimum absolute atomic E-state index is 0.436. The molecule has 2 aromatic rings. The third kappa shape index (κ3) is 2.81. The molecular weight excluding hydrogens is 256 g/mol. The molecule has 2 N–H and O–H groups in total. The van der Waals surface area contributed by atoms with Crippen LogP contribution in [0, 0.1) is 0 Å². The Morgan fingerprint density at radius 3 is 2.57 bits per heavy atom. The average molecular weight is 280 g/mol. The van der Waals surface area contributed by atoms with Gasteiger partial charge in [0.05, 0.1) is 0 Å². The molecule has 2 atom stereocenters. The molecule has 0 fully saturated rings. The van der Waals surface area contributed by atoms with Crippen molar-refractivity contribution >= 4 is 5.69 Å². The Kier molecular flexibility index (Phi) is 3.98. The largest absolute Gasteiger partial charge is 0.364 e. The van der Waals surface area contributed by atoms with Crippen molar-refractivity contribution in [1.29, 1.82) is 0 Å². The molecule has 110 valence electrons. The molecule has 0 bridgehead atoms. The van der Waals surface area contributed by atoms with Gasteiger partial charge in [-0.25, -0.2) is 0 Å². The Labute approximate surface area is 127 Å². The molecule has 0 amide bonds. The van der Waals surface area contributed by atoms with Crippen LogP contribution in [-0.2, 0) is 13.0 Å². The number of hydrogen-bond donors (Lipinski definition) is 1. The molecule has 1 aliphatic rings. The predicted octanol–water partition coefficient (Wildman–Crippen LogP) is 3.70. The SMILES string of the molecule is CC(CN)c1ccc(CN2c3ccccc3CC2C)cc1. The highest BCUT2D eigenvalue weighted by atomic mass is 15.2. The first-order valence-corrected chi connectivity index (χ1v) is 7.82. The van der Waals surface area contributed by atoms with Crippen molar-refractivity contribution < 1.29 is 0 Å². The molecule has 0 radical (unpaired) electrons. The summed E-state index contributed by atoms with van der Waals surface area (Å²) in [7, 11) is 0. The van der Waals surface area contributed by atoms with Crippen LogP contribution in [0.2, 0.25) is 0 Å². The van der Waals surface area contributed by atoms with E-state index in [1.165, 1.54) is 22.4 Å². The molecule has 0 aromatic heterocycles. The molecule has 0 saturated heterocycles. The van der Waals surface area contributed by atoms with Crippen LogP contribution in [0.25, 0.3) is 0 Å². The molecule has 1 aliphatic heterocycles. The maximum absolute atomic E-state index is 5.74. The molecule has 0 spiro atoms. The Balaban J connectivity index is 1.78. The number of anilines is 1. The van der Waals surface area contributed by atoms with E-state index in [9.17, 15) is 0 Å². The molecule has 1 heterocycles. The minimum Gasteiger partial charge on any atom is -0.364 e. The first kappa shape index (κ1) is 14.2. The third-order valence-corrected chi connectivity index (χ3v) is 4.60. The molecule has 0 aliphatic carbocycles. The highest BCUT2D eigenvalue weighted by Crippen LogP contribution is 2.33. The van der Waals surface area contributed by atoms with Crippen molar-refractivity contribution in [3.05, 3.63) is 65.2 Å². The van der Waals surface area contributed by atoms with E-state index in [0.29, 0.717) is 18.5 Å². The second kappa shape index (κ2) is 5.90. The van der Waals surface area contributed by atoms with E-state index in [0.717, 1.165) is 13.0 Å². The summed E-state index contributed by atoms with van der Waals surface area (Å²) in [5.41, 5.74) is 11.3. The second-order valence-corrected chi connectivity index (χ2v) is 6.19. The van der Waals surface area contributed by atoms with E-state index < -0.39 is 0 Å². The van der Waals surface area contributed by atoms with Gasteiger partial charge in [-0.3, -0.25) is 0 Å². The summed E-state index contributed by atoms with van der Waals surface area (Å²) >= 11 is 0. The Bertz CT molecular complexity index is 603. The summed E-state index contributed by atoms with van der Waals surface area (Å²) in [4.78, 5) is 2.51. The zero-order chi connectivity index (χ0) is 14.8. The lowest BCUT2D eigenvalue weighted by Gasteiger charge is -2.25. The number of rotatable bonds is 4. The van der Waals surface area contributed by atoms with Crippen LogP contribution in [-0.4, -0.2) is 12.6 Å². The van der Waals surface area contributed by atoms with Crippen molar-refractivity contribution in [3.63, 3.8) is 0 Å². The van der Waals surface area contributed by atoms with E-state index >= 15 is 0 Å². The lowest BCUT2D eigenvalue weighted by Crippen LogP contribution is -2.28. The van der Waals surface area contributed by atoms with Crippen molar-refractivity contribution in [1.82, 2.24) is 0 Å². The van der Waals surface area contributed by atoms with Crippen LogP contribution in [0.5, 0.6) is 0 Å². The van der Waals surface area contributed by atoms with Crippen molar-refractivity contribution in [2.75, 3.05) is 11.4 Å². The van der Waals surface area contributed by atoms with Gasteiger partial charge < -0.3 is 10.6 Å². The molecule has 2 heteroatoms. The number of para-hydroxylation sites is 1. The maximum Gasteiger partial charge on any atom is 0.0432 e. The van der Waals surface area contributed by atoms with E-state index in [1.807, 2.05) is 0 Å². The molecule has 3 rings (SSSR count). The number of benzene rings is 2. The zero-order valence-corrected chi connectivity index (χ0v) is 12.9. The highest BCUT2D eigenvalue weighted by molar-refractivity contribution is 5.59. The summed E-state index contributed by atoms with van der Waals surface area (Å²) in [6.45, 7) is 6.17. The van der Waals surface area contributed by atoms with Gasteiger partial charge >= 0.3 is 0 Å². The summed E-state index contributed by atoms with van der Waals surface area (Å²) in [5.74, 6) is 0.436. The van der Waals surface area contributed by atoms with Crippen molar-refractivity contribution in [3.8, 4) is 0 Å². The topological polar surface area (TPSA) is 29.3 Å². The minimum atomic E-state index is 0.436. The van der Waals surface area contributed by atoms with Gasteiger partial charge in [0.1, 0.15) is 0 Å². The van der Waals surface area contributed by atoms with Crippen molar-refractivity contribution in [2.24, 2.45) is 5.73 Å². The van der Waals surface area contributed by atoms with Gasteiger partial charge in [0.25, 0.3) is 0 Å². The number of nitrogens with zero attached hydrogens (tertiary/aromatic N) is 1.